The van der Waals surface area contributed by atoms with Crippen molar-refractivity contribution in [2.45, 2.75) is 83.5 Å². The number of halogens is 2. The van der Waals surface area contributed by atoms with Crippen molar-refractivity contribution in [3.63, 3.8) is 0 Å². The number of ether oxygens (including phenoxy) is 1. The quantitative estimate of drug-likeness (QED) is 0.0306. The Hall–Kier alpha value is -1.07. The number of hydrogen-bond donors (Lipinski definition) is 5. The monoisotopic (exact) mass is 896 g/mol. The van der Waals surface area contributed by atoms with Crippen LogP contribution in [0.1, 0.15) is 59.7 Å². The molecule has 2 amide bonds. The summed E-state index contributed by atoms with van der Waals surface area (Å²) in [7, 11) is 0. The second kappa shape index (κ2) is 31.8. The molecule has 2 aromatic rings. The van der Waals surface area contributed by atoms with Gasteiger partial charge in [0.15, 0.2) is 11.6 Å². The van der Waals surface area contributed by atoms with Crippen LogP contribution in [0.25, 0.3) is 0 Å². The fraction of sp³-hybridized carbons (Fsp3) is 0.636. The van der Waals surface area contributed by atoms with Crippen molar-refractivity contribution in [2.75, 3.05) is 63.1 Å². The molecule has 2 aliphatic rings. The molecule has 2 saturated heterocycles. The molecule has 310 valence electrons. The van der Waals surface area contributed by atoms with E-state index in [-0.39, 0.29) is 207 Å². The van der Waals surface area contributed by atoms with Crippen molar-refractivity contribution < 1.29 is 143 Å². The summed E-state index contributed by atoms with van der Waals surface area (Å²) >= 11 is 11.9. The fourth-order valence-electron chi connectivity index (χ4n) is 6.28. The number of anilines is 2. The molecule has 2 fully saturated rings. The first-order valence-corrected chi connectivity index (χ1v) is 18.6. The Bertz CT molecular complexity index is 1670. The molecular formula is C33H52Cl2K2N10O10. The van der Waals surface area contributed by atoms with Gasteiger partial charge >= 0.3 is 109 Å². The number of piperidine rings is 2. The van der Waals surface area contributed by atoms with E-state index in [4.69, 9.17) is 54.6 Å². The Labute approximate surface area is 427 Å². The van der Waals surface area contributed by atoms with Crippen LogP contribution in [-0.4, -0.2) is 123 Å². The second-order valence-corrected chi connectivity index (χ2v) is 13.4. The summed E-state index contributed by atoms with van der Waals surface area (Å²) < 4.78 is 7.44. The molecule has 20 nitrogen and oxygen atoms in total. The molecule has 4 heterocycles. The Morgan fingerprint density at radius 1 is 0.877 bits per heavy atom. The first-order valence-electron chi connectivity index (χ1n) is 17.8. The third-order valence-electron chi connectivity index (χ3n) is 8.75. The molecule has 0 aliphatic carbocycles. The molecular weight excluding hydrogens is 846 g/mol. The van der Waals surface area contributed by atoms with E-state index >= 15 is 0 Å². The number of nitrogens with one attached hydrogen (secondary N) is 2. The number of rotatable bonds is 18. The van der Waals surface area contributed by atoms with Crippen LogP contribution in [-0.2, 0) is 41.9 Å². The average Bonchev–Trinajstić information content (AvgIpc) is 3.14. The SMILES string of the molecule is CC(=O)OCCn1c(Cl)cnc(NCCC2CCCCN2CC(N)=O)c1=O.NC(=O)CN1CCCCC1CCNc1ncc(Cl)n(CCO)c1=O.O=CO[O-].[H-].[K+].[K+]. The third kappa shape index (κ3) is 21.3. The van der Waals surface area contributed by atoms with Crippen LogP contribution in [0.3, 0.4) is 0 Å². The van der Waals surface area contributed by atoms with E-state index in [9.17, 15) is 24.0 Å². The van der Waals surface area contributed by atoms with Crippen LogP contribution in [0.4, 0.5) is 11.6 Å². The number of carbonyl (C=O) groups is 4. The van der Waals surface area contributed by atoms with Crippen molar-refractivity contribution in [2.24, 2.45) is 11.5 Å². The zero-order chi connectivity index (χ0) is 40.8. The van der Waals surface area contributed by atoms with Gasteiger partial charge in [-0.15, -0.1) is 0 Å². The Kier molecular flexibility index (Phi) is 31.2. The Morgan fingerprint density at radius 3 is 1.67 bits per heavy atom. The van der Waals surface area contributed by atoms with Gasteiger partial charge in [-0.3, -0.25) is 47.7 Å². The molecule has 4 rings (SSSR count). The van der Waals surface area contributed by atoms with Crippen LogP contribution in [0.15, 0.2) is 22.0 Å². The number of aromatic nitrogens is 4. The van der Waals surface area contributed by atoms with E-state index in [0.29, 0.717) is 13.1 Å². The normalized spacial score (nSPS) is 16.4. The standard InChI is InChI=1S/C17H26ClN5O4.C15H24ClN5O3.CH2O3.2K.H/c1-12(24)27-9-8-23-14(18)10-21-16(17(23)26)20-6-5-13-4-2-3-7-22(13)11-15(19)25;16-12-9-19-14(15(24)21(12)7-8-22)18-5-4-11-3-1-2-6-20(11)10-13(17)23;2-1-4-3;;;/h10,13H,2-9,11H2,1H3,(H2,19,25)(H,20,21);9,11,22H,1-8,10H2,(H2,17,23)(H,18,19);1,3H;;;/q;;;2*+1;-1/p-1. The number of aliphatic hydroxyl groups is 1. The van der Waals surface area contributed by atoms with Crippen LogP contribution in [0, 0.1) is 0 Å². The first-order chi connectivity index (χ1) is 26.3. The average molecular weight is 898 g/mol. The molecule has 2 unspecified atom stereocenters. The second-order valence-electron chi connectivity index (χ2n) is 12.6. The van der Waals surface area contributed by atoms with Crippen molar-refractivity contribution in [3.8, 4) is 0 Å². The molecule has 0 aromatic carbocycles. The minimum atomic E-state index is -0.417. The zero-order valence-electron chi connectivity index (χ0n) is 33.8. The summed E-state index contributed by atoms with van der Waals surface area (Å²) in [6.07, 6.45) is 10.7. The van der Waals surface area contributed by atoms with E-state index in [2.05, 4.69) is 35.3 Å². The minimum absolute atomic E-state index is 0. The Morgan fingerprint density at radius 2 is 1.30 bits per heavy atom. The largest absolute Gasteiger partial charge is 1.00 e. The number of amides is 2. The topological polar surface area (TPSA) is 282 Å². The zero-order valence-corrected chi connectivity index (χ0v) is 40.6. The maximum absolute atomic E-state index is 12.5. The van der Waals surface area contributed by atoms with E-state index in [0.717, 1.165) is 64.5 Å². The number of nitrogens with two attached hydrogens (primary N) is 2. The van der Waals surface area contributed by atoms with Crippen molar-refractivity contribution in [1.29, 1.82) is 0 Å². The summed E-state index contributed by atoms with van der Waals surface area (Å²) in [5, 5.41) is 23.9. The van der Waals surface area contributed by atoms with Crippen LogP contribution in [0.5, 0.6) is 0 Å². The predicted molar refractivity (Wildman–Crippen MR) is 202 cm³/mol. The molecule has 2 aliphatic heterocycles. The number of carbonyl (C=O) groups excluding carboxylic acids is 4. The van der Waals surface area contributed by atoms with Gasteiger partial charge in [0.05, 0.1) is 45.2 Å². The van der Waals surface area contributed by atoms with Crippen LogP contribution < -0.4 is 141 Å². The summed E-state index contributed by atoms with van der Waals surface area (Å²) in [5.41, 5.74) is 9.90. The number of hydrogen-bond acceptors (Lipinski definition) is 16. The van der Waals surface area contributed by atoms with Crippen LogP contribution in [0.2, 0.25) is 10.3 Å². The van der Waals surface area contributed by atoms with Gasteiger partial charge in [-0.25, -0.2) is 9.97 Å². The van der Waals surface area contributed by atoms with Gasteiger partial charge < -0.3 is 43.5 Å². The summed E-state index contributed by atoms with van der Waals surface area (Å²) in [6, 6.07) is 0.517. The summed E-state index contributed by atoms with van der Waals surface area (Å²) in [4.78, 5) is 81.5. The van der Waals surface area contributed by atoms with E-state index in [1.807, 2.05) is 0 Å². The molecule has 2 aromatic heterocycles. The van der Waals surface area contributed by atoms with Gasteiger partial charge in [0.1, 0.15) is 16.9 Å². The van der Waals surface area contributed by atoms with Gasteiger partial charge in [-0.1, -0.05) is 36.0 Å². The molecule has 0 spiro atoms. The number of primary amides is 2. The maximum atomic E-state index is 12.5. The van der Waals surface area contributed by atoms with Crippen LogP contribution >= 0.6 is 23.2 Å². The molecule has 0 bridgehead atoms. The van der Waals surface area contributed by atoms with Gasteiger partial charge in [0, 0.05) is 32.1 Å². The van der Waals surface area contributed by atoms with Gasteiger partial charge in [0.25, 0.3) is 17.6 Å². The van der Waals surface area contributed by atoms with Gasteiger partial charge in [0.2, 0.25) is 11.8 Å². The van der Waals surface area contributed by atoms with Crippen molar-refractivity contribution >= 4 is 59.1 Å². The number of likely N-dealkylation sites (tertiary alicyclic amines) is 2. The minimum Gasteiger partial charge on any atom is -1.00 e. The summed E-state index contributed by atoms with van der Waals surface area (Å²) in [6.45, 7) is 4.64. The summed E-state index contributed by atoms with van der Waals surface area (Å²) in [5.74, 6) is -0.657. The molecule has 2 atom stereocenters. The number of esters is 1. The predicted octanol–water partition coefficient (Wildman–Crippen LogP) is -6.81. The van der Waals surface area contributed by atoms with E-state index in [1.54, 1.807) is 0 Å². The van der Waals surface area contributed by atoms with E-state index in [1.165, 1.54) is 28.5 Å². The molecule has 24 heteroatoms. The molecule has 57 heavy (non-hydrogen) atoms. The Balaban J connectivity index is 0. The molecule has 7 N–H and O–H groups in total. The number of aliphatic hydroxyl groups excluding tert-OH is 1. The number of nitrogens with zero attached hydrogens (tertiary/aromatic N) is 6. The first kappa shape index (κ1) is 55.9. The smallest absolute Gasteiger partial charge is 1.00 e. The van der Waals surface area contributed by atoms with Gasteiger partial charge in [-0.2, -0.15) is 0 Å². The third-order valence-corrected chi connectivity index (χ3v) is 9.35. The maximum Gasteiger partial charge on any atom is 1.00 e. The molecule has 0 saturated carbocycles. The van der Waals surface area contributed by atoms with Gasteiger partial charge in [-0.05, 0) is 51.6 Å². The molecule has 0 radical (unpaired) electrons. The van der Waals surface area contributed by atoms with E-state index < -0.39 is 5.97 Å². The fourth-order valence-corrected chi connectivity index (χ4v) is 6.70. The van der Waals surface area contributed by atoms with Crippen molar-refractivity contribution in [3.05, 3.63) is 43.4 Å². The van der Waals surface area contributed by atoms with Crippen molar-refractivity contribution in [1.82, 2.24) is 28.9 Å².